The lowest BCUT2D eigenvalue weighted by atomic mass is 9.96. The predicted molar refractivity (Wildman–Crippen MR) is 172 cm³/mol. The number of hydrogen-bond acceptors (Lipinski definition) is 6. The number of thioether (sulfide) groups is 1. The molecule has 0 spiro atoms. The van der Waals surface area contributed by atoms with Gasteiger partial charge >= 0.3 is 6.09 Å². The molecule has 0 bridgehead atoms. The van der Waals surface area contributed by atoms with E-state index in [2.05, 4.69) is 24.5 Å². The minimum atomic E-state index is -1.21. The van der Waals surface area contributed by atoms with Crippen LogP contribution in [0.5, 0.6) is 5.75 Å². The Morgan fingerprint density at radius 2 is 1.69 bits per heavy atom. The maximum absolute atomic E-state index is 14.5. The van der Waals surface area contributed by atoms with Gasteiger partial charge < -0.3 is 25.4 Å². The van der Waals surface area contributed by atoms with E-state index in [0.29, 0.717) is 35.2 Å². The van der Waals surface area contributed by atoms with Gasteiger partial charge in [-0.1, -0.05) is 55.8 Å². The third-order valence-electron chi connectivity index (χ3n) is 6.72. The van der Waals surface area contributed by atoms with Gasteiger partial charge in [0.1, 0.15) is 23.4 Å². The summed E-state index contributed by atoms with van der Waals surface area (Å²) in [5, 5.41) is 17.0. The summed E-state index contributed by atoms with van der Waals surface area (Å²) in [5.41, 5.74) is 0.692. The molecular formula is C32H46ClN3O5S. The Bertz CT molecular complexity index is 1200. The molecule has 0 aromatic heterocycles. The zero-order valence-electron chi connectivity index (χ0n) is 26.0. The van der Waals surface area contributed by atoms with E-state index < -0.39 is 41.6 Å². The van der Waals surface area contributed by atoms with Gasteiger partial charge in [0.25, 0.3) is 5.91 Å². The third kappa shape index (κ3) is 10.4. The molecule has 0 aliphatic carbocycles. The molecule has 3 amide bonds. The lowest BCUT2D eigenvalue weighted by molar-refractivity contribution is -0.143. The number of alkyl carbamates (subject to hydrolysis) is 1. The minimum absolute atomic E-state index is 0.122. The van der Waals surface area contributed by atoms with Crippen LogP contribution in [0, 0.1) is 12.8 Å². The summed E-state index contributed by atoms with van der Waals surface area (Å²) in [6, 6.07) is 9.19. The number of nitrogens with zero attached hydrogens (tertiary/aromatic N) is 1. The lowest BCUT2D eigenvalue weighted by Crippen LogP contribution is -2.55. The molecule has 2 aromatic carbocycles. The van der Waals surface area contributed by atoms with E-state index >= 15 is 0 Å². The highest BCUT2D eigenvalue weighted by Gasteiger charge is 2.40. The first-order chi connectivity index (χ1) is 19.7. The number of para-hydroxylation sites is 2. The SMILES string of the molecule is CSCCC(NC(=O)OC(C)(C)C)C(=O)N(C(C)CCC(C)C)C(C(=O)Nc1c(C)cccc1Cl)c1ccccc1O. The van der Waals surface area contributed by atoms with Crippen LogP contribution in [-0.4, -0.2) is 57.6 Å². The van der Waals surface area contributed by atoms with Crippen LogP contribution < -0.4 is 10.6 Å². The number of phenolic OH excluding ortho intramolecular Hbond substituents is 1. The molecule has 3 unspecified atom stereocenters. The Kier molecular flexibility index (Phi) is 13.5. The molecule has 2 rings (SSSR count). The van der Waals surface area contributed by atoms with Gasteiger partial charge in [0.05, 0.1) is 10.7 Å². The average Bonchev–Trinajstić information content (AvgIpc) is 2.89. The van der Waals surface area contributed by atoms with Crippen molar-refractivity contribution in [3.8, 4) is 5.75 Å². The van der Waals surface area contributed by atoms with Gasteiger partial charge in [-0.25, -0.2) is 4.79 Å². The zero-order chi connectivity index (χ0) is 31.6. The van der Waals surface area contributed by atoms with Crippen molar-refractivity contribution >= 4 is 47.0 Å². The average molecular weight is 620 g/mol. The maximum Gasteiger partial charge on any atom is 0.408 e. The molecule has 0 radical (unpaired) electrons. The molecule has 3 atom stereocenters. The summed E-state index contributed by atoms with van der Waals surface area (Å²) in [6.45, 7) is 13.2. The lowest BCUT2D eigenvalue weighted by Gasteiger charge is -2.39. The quantitative estimate of drug-likeness (QED) is 0.217. The topological polar surface area (TPSA) is 108 Å². The van der Waals surface area contributed by atoms with Crippen LogP contribution in [0.4, 0.5) is 10.5 Å². The van der Waals surface area contributed by atoms with Crippen molar-refractivity contribution in [1.82, 2.24) is 10.2 Å². The van der Waals surface area contributed by atoms with Crippen molar-refractivity contribution in [2.45, 2.75) is 91.5 Å². The first-order valence-corrected chi connectivity index (χ1v) is 16.1. The number of anilines is 1. The number of phenols is 1. The van der Waals surface area contributed by atoms with Crippen molar-refractivity contribution < 1.29 is 24.2 Å². The van der Waals surface area contributed by atoms with Crippen LogP contribution in [0.1, 0.15) is 78.0 Å². The Balaban J connectivity index is 2.67. The van der Waals surface area contributed by atoms with Gasteiger partial charge in [0, 0.05) is 11.6 Å². The molecule has 0 saturated carbocycles. The number of rotatable bonds is 13. The molecule has 0 aliphatic heterocycles. The highest BCUT2D eigenvalue weighted by atomic mass is 35.5. The number of benzene rings is 2. The van der Waals surface area contributed by atoms with E-state index in [1.165, 1.54) is 11.0 Å². The van der Waals surface area contributed by atoms with Crippen LogP contribution in [0.15, 0.2) is 42.5 Å². The molecule has 232 valence electrons. The van der Waals surface area contributed by atoms with E-state index in [1.54, 1.807) is 62.9 Å². The number of halogens is 1. The Labute approximate surface area is 259 Å². The van der Waals surface area contributed by atoms with E-state index in [1.807, 2.05) is 26.2 Å². The fourth-order valence-electron chi connectivity index (χ4n) is 4.55. The number of aromatic hydroxyl groups is 1. The number of hydrogen-bond donors (Lipinski definition) is 3. The largest absolute Gasteiger partial charge is 0.508 e. The summed E-state index contributed by atoms with van der Waals surface area (Å²) in [7, 11) is 0. The Morgan fingerprint density at radius 1 is 1.02 bits per heavy atom. The number of ether oxygens (including phenoxy) is 1. The first kappa shape index (κ1) is 35.3. The fraction of sp³-hybridized carbons (Fsp3) is 0.531. The molecule has 8 nitrogen and oxygen atoms in total. The van der Waals surface area contributed by atoms with Gasteiger partial charge in [-0.2, -0.15) is 11.8 Å². The fourth-order valence-corrected chi connectivity index (χ4v) is 5.29. The summed E-state index contributed by atoms with van der Waals surface area (Å²) in [6.07, 6.45) is 2.94. The van der Waals surface area contributed by atoms with Crippen LogP contribution in [0.25, 0.3) is 0 Å². The number of carbonyl (C=O) groups is 3. The first-order valence-electron chi connectivity index (χ1n) is 14.3. The molecule has 0 aliphatic rings. The zero-order valence-corrected chi connectivity index (χ0v) is 27.6. The van der Waals surface area contributed by atoms with Gasteiger partial charge in [-0.05, 0) is 89.5 Å². The van der Waals surface area contributed by atoms with Crippen molar-refractivity contribution in [2.24, 2.45) is 5.92 Å². The smallest absolute Gasteiger partial charge is 0.408 e. The number of nitrogens with one attached hydrogen (secondary N) is 2. The van der Waals surface area contributed by atoms with Crippen LogP contribution in [-0.2, 0) is 14.3 Å². The predicted octanol–water partition coefficient (Wildman–Crippen LogP) is 7.33. The molecule has 3 N–H and O–H groups in total. The maximum atomic E-state index is 14.5. The highest BCUT2D eigenvalue weighted by Crippen LogP contribution is 2.35. The van der Waals surface area contributed by atoms with Crippen molar-refractivity contribution in [3.05, 3.63) is 58.6 Å². The van der Waals surface area contributed by atoms with E-state index in [4.69, 9.17) is 16.3 Å². The molecule has 0 saturated heterocycles. The normalized spacial score (nSPS) is 13.7. The van der Waals surface area contributed by atoms with Gasteiger partial charge in [0.2, 0.25) is 5.91 Å². The van der Waals surface area contributed by atoms with Crippen LogP contribution in [0.3, 0.4) is 0 Å². The van der Waals surface area contributed by atoms with Gasteiger partial charge in [-0.15, -0.1) is 0 Å². The molecule has 42 heavy (non-hydrogen) atoms. The highest BCUT2D eigenvalue weighted by molar-refractivity contribution is 7.98. The minimum Gasteiger partial charge on any atom is -0.508 e. The van der Waals surface area contributed by atoms with Gasteiger partial charge in [0.15, 0.2) is 0 Å². The van der Waals surface area contributed by atoms with Gasteiger partial charge in [-0.3, -0.25) is 9.59 Å². The van der Waals surface area contributed by atoms with Crippen LogP contribution in [0.2, 0.25) is 5.02 Å². The van der Waals surface area contributed by atoms with E-state index in [9.17, 15) is 19.5 Å². The van der Waals surface area contributed by atoms with Crippen molar-refractivity contribution in [3.63, 3.8) is 0 Å². The monoisotopic (exact) mass is 619 g/mol. The van der Waals surface area contributed by atoms with E-state index in [-0.39, 0.29) is 11.3 Å². The van der Waals surface area contributed by atoms with Crippen LogP contribution >= 0.6 is 23.4 Å². The number of amides is 3. The Morgan fingerprint density at radius 3 is 2.26 bits per heavy atom. The summed E-state index contributed by atoms with van der Waals surface area (Å²) in [5.74, 6) is -0.140. The second kappa shape index (κ2) is 16.1. The summed E-state index contributed by atoms with van der Waals surface area (Å²) in [4.78, 5) is 43.1. The standard InChI is InChI=1S/C32H46ClN3O5S/c1-20(2)16-17-22(4)36(30(39)25(18-19-42-8)34-31(40)41-32(5,6)7)28(23-13-9-10-15-26(23)37)29(38)35-27-21(3)12-11-14-24(27)33/h9-15,20,22,25,28,37H,16-19H2,1-8H3,(H,34,40)(H,35,38). The second-order valence-corrected chi connectivity index (χ2v) is 13.3. The van der Waals surface area contributed by atoms with E-state index in [0.717, 1.165) is 12.0 Å². The second-order valence-electron chi connectivity index (χ2n) is 11.9. The molecule has 0 fully saturated rings. The molecule has 0 heterocycles. The molecule has 2 aromatic rings. The molecule has 10 heteroatoms. The number of carbonyl (C=O) groups excluding carboxylic acids is 3. The van der Waals surface area contributed by atoms with Crippen molar-refractivity contribution in [1.29, 1.82) is 0 Å². The summed E-state index contributed by atoms with van der Waals surface area (Å²) < 4.78 is 5.47. The van der Waals surface area contributed by atoms with Crippen molar-refractivity contribution in [2.75, 3.05) is 17.3 Å². The molecular weight excluding hydrogens is 574 g/mol. The summed E-state index contributed by atoms with van der Waals surface area (Å²) >= 11 is 8.00. The third-order valence-corrected chi connectivity index (χ3v) is 7.68. The number of aryl methyl sites for hydroxylation is 1. The Hall–Kier alpha value is -2.91.